The molecule has 8 heteroatoms. The van der Waals surface area contributed by atoms with Crippen molar-refractivity contribution in [2.45, 2.75) is 32.4 Å². The number of nitrogens with one attached hydrogen (secondary N) is 2. The summed E-state index contributed by atoms with van der Waals surface area (Å²) in [5, 5.41) is 16.8. The van der Waals surface area contributed by atoms with Gasteiger partial charge in [-0.1, -0.05) is 6.07 Å². The predicted octanol–water partition coefficient (Wildman–Crippen LogP) is 3.07. The van der Waals surface area contributed by atoms with Gasteiger partial charge in [-0.3, -0.25) is 9.59 Å². The number of thiophene rings is 1. The number of nitriles is 1. The van der Waals surface area contributed by atoms with Gasteiger partial charge in [0.2, 0.25) is 0 Å². The van der Waals surface area contributed by atoms with E-state index in [2.05, 4.69) is 26.7 Å². The second kappa shape index (κ2) is 8.43. The number of benzene rings is 1. The van der Waals surface area contributed by atoms with Gasteiger partial charge in [0.1, 0.15) is 17.7 Å². The van der Waals surface area contributed by atoms with E-state index >= 15 is 0 Å². The van der Waals surface area contributed by atoms with Crippen molar-refractivity contribution in [2.24, 2.45) is 0 Å². The molecule has 0 aliphatic heterocycles. The van der Waals surface area contributed by atoms with Gasteiger partial charge in [0, 0.05) is 17.5 Å². The average Bonchev–Trinajstić information content (AvgIpc) is 3.37. The molecule has 0 unspecified atom stereocenters. The second-order valence-corrected chi connectivity index (χ2v) is 8.24. The molecule has 0 bridgehead atoms. The Balaban J connectivity index is 1.42. The van der Waals surface area contributed by atoms with Crippen molar-refractivity contribution in [1.82, 2.24) is 20.6 Å². The Labute approximate surface area is 177 Å². The summed E-state index contributed by atoms with van der Waals surface area (Å²) in [5.74, 6) is -0.715. The molecule has 30 heavy (non-hydrogen) atoms. The summed E-state index contributed by atoms with van der Waals surface area (Å²) >= 11 is 1.62. The van der Waals surface area contributed by atoms with E-state index in [0.717, 1.165) is 29.5 Å². The Morgan fingerprint density at radius 3 is 2.73 bits per heavy atom. The molecule has 3 aromatic rings. The highest BCUT2D eigenvalue weighted by molar-refractivity contribution is 7.10. The van der Waals surface area contributed by atoms with Crippen LogP contribution in [0.25, 0.3) is 0 Å². The normalized spacial score (nSPS) is 14.6. The minimum absolute atomic E-state index is 0.142. The van der Waals surface area contributed by atoms with Crippen LogP contribution >= 0.6 is 11.3 Å². The smallest absolute Gasteiger partial charge is 0.270 e. The third-order valence-corrected chi connectivity index (χ3v) is 5.94. The number of carbonyl (C=O) groups is 2. The van der Waals surface area contributed by atoms with Gasteiger partial charge < -0.3 is 10.6 Å². The molecule has 0 radical (unpaired) electrons. The standard InChI is InChI=1S/C22H19N5O2S/c1-13-6-15(11-30-13)10-24-21(28)19-8-20(26-12-25-19)22(29)27-18-5-3-16-7-14(9-23)2-4-17(16)18/h2,4,6-8,11-12,18H,3,5,10H2,1H3,(H,24,28)(H,27,29)/t18-/m0/s1. The minimum Gasteiger partial charge on any atom is -0.347 e. The highest BCUT2D eigenvalue weighted by Crippen LogP contribution is 2.31. The van der Waals surface area contributed by atoms with Crippen molar-refractivity contribution < 1.29 is 9.59 Å². The lowest BCUT2D eigenvalue weighted by molar-refractivity contribution is 0.0931. The molecule has 0 saturated heterocycles. The van der Waals surface area contributed by atoms with Crippen LogP contribution in [0.1, 0.15) is 60.6 Å². The van der Waals surface area contributed by atoms with Crippen molar-refractivity contribution in [1.29, 1.82) is 5.26 Å². The molecule has 2 N–H and O–H groups in total. The zero-order chi connectivity index (χ0) is 21.1. The van der Waals surface area contributed by atoms with Gasteiger partial charge in [-0.15, -0.1) is 11.3 Å². The van der Waals surface area contributed by atoms with Crippen molar-refractivity contribution in [3.05, 3.63) is 80.6 Å². The van der Waals surface area contributed by atoms with Crippen LogP contribution < -0.4 is 10.6 Å². The Bertz CT molecular complexity index is 1160. The molecule has 4 rings (SSSR count). The molecule has 1 atom stereocenters. The molecule has 0 fully saturated rings. The molecule has 1 aliphatic carbocycles. The lowest BCUT2D eigenvalue weighted by Gasteiger charge is -2.14. The van der Waals surface area contributed by atoms with Crippen LogP contribution in [-0.2, 0) is 13.0 Å². The maximum Gasteiger partial charge on any atom is 0.270 e. The summed E-state index contributed by atoms with van der Waals surface area (Å²) in [6.45, 7) is 2.41. The average molecular weight is 417 g/mol. The zero-order valence-corrected chi connectivity index (χ0v) is 17.1. The van der Waals surface area contributed by atoms with E-state index in [1.54, 1.807) is 17.4 Å². The third-order valence-electron chi connectivity index (χ3n) is 5.03. The van der Waals surface area contributed by atoms with E-state index in [9.17, 15) is 9.59 Å². The number of carbonyl (C=O) groups excluding carboxylic acids is 2. The summed E-state index contributed by atoms with van der Waals surface area (Å²) in [5.41, 5.74) is 4.02. The van der Waals surface area contributed by atoms with Gasteiger partial charge in [0.05, 0.1) is 17.7 Å². The highest BCUT2D eigenvalue weighted by atomic mass is 32.1. The van der Waals surface area contributed by atoms with Crippen molar-refractivity contribution in [2.75, 3.05) is 0 Å². The third kappa shape index (κ3) is 4.21. The largest absolute Gasteiger partial charge is 0.347 e. The first kappa shape index (κ1) is 19.7. The number of hydrogen-bond acceptors (Lipinski definition) is 6. The molecule has 2 aromatic heterocycles. The molecular formula is C22H19N5O2S. The van der Waals surface area contributed by atoms with E-state index in [4.69, 9.17) is 5.26 Å². The van der Waals surface area contributed by atoms with Crippen LogP contribution in [0.15, 0.2) is 42.0 Å². The number of aromatic nitrogens is 2. The highest BCUT2D eigenvalue weighted by Gasteiger charge is 2.25. The van der Waals surface area contributed by atoms with Crippen LogP contribution in [0.2, 0.25) is 0 Å². The van der Waals surface area contributed by atoms with E-state index in [1.165, 1.54) is 17.3 Å². The number of aryl methyl sites for hydroxylation is 2. The van der Waals surface area contributed by atoms with Crippen LogP contribution in [0.4, 0.5) is 0 Å². The molecule has 2 heterocycles. The van der Waals surface area contributed by atoms with Gasteiger partial charge in [-0.25, -0.2) is 9.97 Å². The number of amides is 2. The summed E-state index contributed by atoms with van der Waals surface area (Å²) < 4.78 is 0. The predicted molar refractivity (Wildman–Crippen MR) is 112 cm³/mol. The van der Waals surface area contributed by atoms with Crippen LogP contribution in [0.3, 0.4) is 0 Å². The second-order valence-electron chi connectivity index (χ2n) is 7.13. The lowest BCUT2D eigenvalue weighted by Crippen LogP contribution is -2.29. The Morgan fingerprint density at radius 2 is 2.00 bits per heavy atom. The first-order valence-electron chi connectivity index (χ1n) is 9.51. The Kier molecular flexibility index (Phi) is 5.55. The SMILES string of the molecule is Cc1cc(CNC(=O)c2cc(C(=O)N[C@H]3CCc4cc(C#N)ccc43)ncn2)cs1. The van der Waals surface area contributed by atoms with Gasteiger partial charge in [-0.05, 0) is 60.0 Å². The quantitative estimate of drug-likeness (QED) is 0.663. The van der Waals surface area contributed by atoms with Crippen molar-refractivity contribution >= 4 is 23.2 Å². The van der Waals surface area contributed by atoms with Gasteiger partial charge >= 0.3 is 0 Å². The fourth-order valence-corrected chi connectivity index (χ4v) is 4.25. The van der Waals surface area contributed by atoms with Gasteiger partial charge in [0.25, 0.3) is 11.8 Å². The van der Waals surface area contributed by atoms with Crippen LogP contribution in [-0.4, -0.2) is 21.8 Å². The fraction of sp³-hybridized carbons (Fsp3) is 0.227. The van der Waals surface area contributed by atoms with E-state index in [0.29, 0.717) is 12.1 Å². The summed E-state index contributed by atoms with van der Waals surface area (Å²) in [6, 6.07) is 10.9. The molecule has 1 aliphatic rings. The summed E-state index contributed by atoms with van der Waals surface area (Å²) in [6.07, 6.45) is 2.78. The number of rotatable bonds is 5. The molecule has 0 spiro atoms. The van der Waals surface area contributed by atoms with E-state index in [-0.39, 0.29) is 29.2 Å². The van der Waals surface area contributed by atoms with Gasteiger partial charge in [0.15, 0.2) is 0 Å². The van der Waals surface area contributed by atoms with Crippen LogP contribution in [0.5, 0.6) is 0 Å². The Morgan fingerprint density at radius 1 is 1.20 bits per heavy atom. The minimum atomic E-state index is -0.359. The number of fused-ring (bicyclic) bond motifs is 1. The molecule has 0 saturated carbocycles. The molecule has 1 aromatic carbocycles. The van der Waals surface area contributed by atoms with E-state index in [1.807, 2.05) is 30.5 Å². The summed E-state index contributed by atoms with van der Waals surface area (Å²) in [7, 11) is 0. The molecule has 7 nitrogen and oxygen atoms in total. The maximum atomic E-state index is 12.7. The lowest BCUT2D eigenvalue weighted by atomic mass is 10.1. The number of nitrogens with zero attached hydrogens (tertiary/aromatic N) is 3. The summed E-state index contributed by atoms with van der Waals surface area (Å²) in [4.78, 5) is 34.3. The monoisotopic (exact) mass is 417 g/mol. The van der Waals surface area contributed by atoms with Crippen LogP contribution in [0, 0.1) is 18.3 Å². The van der Waals surface area contributed by atoms with Crippen molar-refractivity contribution in [3.63, 3.8) is 0 Å². The van der Waals surface area contributed by atoms with Gasteiger partial charge in [-0.2, -0.15) is 5.26 Å². The first-order valence-corrected chi connectivity index (χ1v) is 10.4. The molecule has 2 amide bonds. The first-order chi connectivity index (χ1) is 14.5. The van der Waals surface area contributed by atoms with Crippen molar-refractivity contribution in [3.8, 4) is 6.07 Å². The molecule has 150 valence electrons. The molecular weight excluding hydrogens is 398 g/mol. The number of hydrogen-bond donors (Lipinski definition) is 2. The van der Waals surface area contributed by atoms with E-state index < -0.39 is 0 Å². The maximum absolute atomic E-state index is 12.7. The Hall–Kier alpha value is -3.57. The topological polar surface area (TPSA) is 108 Å². The fourth-order valence-electron chi connectivity index (χ4n) is 3.54. The zero-order valence-electron chi connectivity index (χ0n) is 16.3.